The van der Waals surface area contributed by atoms with E-state index in [4.69, 9.17) is 4.74 Å². The summed E-state index contributed by atoms with van der Waals surface area (Å²) in [5.41, 5.74) is 0.542. The lowest BCUT2D eigenvalue weighted by Gasteiger charge is -2.26. The maximum Gasteiger partial charge on any atom is 0.232 e. The van der Waals surface area contributed by atoms with Gasteiger partial charge in [-0.1, -0.05) is 36.8 Å². The molecule has 0 atom stereocenters. The molecule has 4 rings (SSSR count). The molecule has 142 valence electrons. The first-order chi connectivity index (χ1) is 13.8. The average molecular weight is 391 g/mol. The van der Waals surface area contributed by atoms with Gasteiger partial charge in [0.25, 0.3) is 0 Å². The number of benzene rings is 1. The molecule has 3 aromatic rings. The van der Waals surface area contributed by atoms with Gasteiger partial charge in [0, 0.05) is 22.5 Å². The number of carbonyl (C=O) groups is 1. The number of thiophene rings is 1. The normalized spacial score (nSPS) is 15.0. The minimum absolute atomic E-state index is 0.100. The summed E-state index contributed by atoms with van der Waals surface area (Å²) in [4.78, 5) is 18.3. The fourth-order valence-electron chi connectivity index (χ4n) is 3.78. The van der Waals surface area contributed by atoms with Gasteiger partial charge in [0.15, 0.2) is 0 Å². The van der Waals surface area contributed by atoms with Crippen molar-refractivity contribution in [2.45, 2.75) is 31.1 Å². The molecule has 0 aliphatic heterocycles. The molecule has 0 unspecified atom stereocenters. The quantitative estimate of drug-likeness (QED) is 0.661. The van der Waals surface area contributed by atoms with Crippen LogP contribution in [-0.2, 0) is 10.2 Å². The van der Waals surface area contributed by atoms with E-state index < -0.39 is 0 Å². The first-order valence-electron chi connectivity index (χ1n) is 9.54. The van der Waals surface area contributed by atoms with Crippen LogP contribution in [0.2, 0.25) is 0 Å². The zero-order valence-corrected chi connectivity index (χ0v) is 16.4. The van der Waals surface area contributed by atoms with Crippen molar-refractivity contribution in [2.24, 2.45) is 0 Å². The molecule has 28 heavy (non-hydrogen) atoms. The molecule has 5 heteroatoms. The van der Waals surface area contributed by atoms with Gasteiger partial charge < -0.3 is 10.1 Å². The number of pyridine rings is 1. The van der Waals surface area contributed by atoms with Gasteiger partial charge in [-0.25, -0.2) is 0 Å². The number of hydrogen-bond donors (Lipinski definition) is 1. The van der Waals surface area contributed by atoms with Crippen LogP contribution >= 0.6 is 11.3 Å². The van der Waals surface area contributed by atoms with Crippen molar-refractivity contribution in [1.82, 2.24) is 10.3 Å². The molecule has 1 aliphatic rings. The van der Waals surface area contributed by atoms with Gasteiger partial charge in [-0.2, -0.15) is 0 Å². The molecule has 1 amide bonds. The van der Waals surface area contributed by atoms with Gasteiger partial charge in [0.05, 0.1) is 17.5 Å². The van der Waals surface area contributed by atoms with E-state index in [0.29, 0.717) is 6.54 Å². The van der Waals surface area contributed by atoms with Crippen LogP contribution in [0, 0.1) is 11.8 Å². The van der Waals surface area contributed by atoms with Crippen molar-refractivity contribution in [2.75, 3.05) is 13.2 Å². The highest BCUT2D eigenvalue weighted by Gasteiger charge is 2.43. The summed E-state index contributed by atoms with van der Waals surface area (Å²) >= 11 is 1.67. The number of nitrogens with one attached hydrogen (secondary N) is 1. The Bertz CT molecular complexity index is 1010. The van der Waals surface area contributed by atoms with Gasteiger partial charge in [-0.3, -0.25) is 9.78 Å². The van der Waals surface area contributed by atoms with E-state index in [1.807, 2.05) is 41.8 Å². The summed E-state index contributed by atoms with van der Waals surface area (Å²) in [6, 6.07) is 13.8. The van der Waals surface area contributed by atoms with Gasteiger partial charge >= 0.3 is 0 Å². The third-order valence-electron chi connectivity index (χ3n) is 5.24. The lowest BCUT2D eigenvalue weighted by Crippen LogP contribution is -2.42. The van der Waals surface area contributed by atoms with Gasteiger partial charge in [0.1, 0.15) is 12.4 Å². The van der Waals surface area contributed by atoms with Crippen LogP contribution in [0.3, 0.4) is 0 Å². The maximum absolute atomic E-state index is 12.8. The second kappa shape index (κ2) is 8.45. The third-order valence-corrected chi connectivity index (χ3v) is 6.31. The minimum Gasteiger partial charge on any atom is -0.481 e. The highest BCUT2D eigenvalue weighted by atomic mass is 32.1. The van der Waals surface area contributed by atoms with Crippen molar-refractivity contribution >= 4 is 28.1 Å². The van der Waals surface area contributed by atoms with Crippen molar-refractivity contribution in [3.8, 4) is 17.6 Å². The van der Waals surface area contributed by atoms with Crippen LogP contribution in [0.1, 0.15) is 30.6 Å². The topological polar surface area (TPSA) is 51.2 Å². The highest BCUT2D eigenvalue weighted by Crippen LogP contribution is 2.43. The monoisotopic (exact) mass is 390 g/mol. The number of carbonyl (C=O) groups excluding carboxylic acids is 1. The van der Waals surface area contributed by atoms with E-state index in [2.05, 4.69) is 28.2 Å². The van der Waals surface area contributed by atoms with Gasteiger partial charge in [0.2, 0.25) is 5.91 Å². The largest absolute Gasteiger partial charge is 0.481 e. The van der Waals surface area contributed by atoms with E-state index in [1.165, 1.54) is 4.88 Å². The number of rotatable bonds is 5. The van der Waals surface area contributed by atoms with Crippen LogP contribution < -0.4 is 10.1 Å². The Hall–Kier alpha value is -2.84. The van der Waals surface area contributed by atoms with E-state index in [1.54, 1.807) is 17.5 Å². The number of aromatic nitrogens is 1. The van der Waals surface area contributed by atoms with Crippen molar-refractivity contribution in [3.05, 3.63) is 58.9 Å². The number of nitrogens with zero attached hydrogens (tertiary/aromatic N) is 1. The third kappa shape index (κ3) is 3.88. The molecule has 1 saturated carbocycles. The lowest BCUT2D eigenvalue weighted by molar-refractivity contribution is -0.126. The van der Waals surface area contributed by atoms with E-state index in [0.717, 1.165) is 42.3 Å². The van der Waals surface area contributed by atoms with Crippen molar-refractivity contribution in [1.29, 1.82) is 0 Å². The molecular weight excluding hydrogens is 368 g/mol. The molecule has 2 aromatic heterocycles. The summed E-state index contributed by atoms with van der Waals surface area (Å²) in [7, 11) is 0. The van der Waals surface area contributed by atoms with E-state index in [9.17, 15) is 4.79 Å². The Morgan fingerprint density at radius 1 is 1.18 bits per heavy atom. The summed E-state index contributed by atoms with van der Waals surface area (Å²) in [6.45, 7) is 0.624. The molecule has 0 saturated heterocycles. The average Bonchev–Trinajstić information content (AvgIpc) is 3.43. The first kappa shape index (κ1) is 18.5. The zero-order valence-electron chi connectivity index (χ0n) is 15.6. The molecule has 0 spiro atoms. The Kier molecular flexibility index (Phi) is 5.59. The van der Waals surface area contributed by atoms with Gasteiger partial charge in [-0.15, -0.1) is 11.3 Å². The van der Waals surface area contributed by atoms with Crippen molar-refractivity contribution in [3.63, 3.8) is 0 Å². The zero-order chi connectivity index (χ0) is 19.2. The molecule has 1 fully saturated rings. The maximum atomic E-state index is 12.8. The van der Waals surface area contributed by atoms with Crippen LogP contribution in [0.25, 0.3) is 10.9 Å². The van der Waals surface area contributed by atoms with Crippen LogP contribution in [-0.4, -0.2) is 24.0 Å². The second-order valence-corrected chi connectivity index (χ2v) is 7.90. The molecule has 4 nitrogen and oxygen atoms in total. The second-order valence-electron chi connectivity index (χ2n) is 6.95. The number of ether oxygens (including phenoxy) is 1. The molecular formula is C23H22N2O2S. The smallest absolute Gasteiger partial charge is 0.232 e. The fourth-order valence-corrected chi connectivity index (χ4v) is 4.76. The molecule has 1 N–H and O–H groups in total. The molecule has 1 aliphatic carbocycles. The molecule has 0 radical (unpaired) electrons. The standard InChI is InChI=1S/C23H22N2O2S/c26-22(23(11-1-2-12-23)21-8-6-16-28-21)25-13-3-4-15-27-19-10-9-18-7-5-14-24-20(18)17-19/h5-10,14,16-17H,1-2,11-13,15H2,(H,25,26). The summed E-state index contributed by atoms with van der Waals surface area (Å²) in [5, 5.41) is 6.13. The number of hydrogen-bond acceptors (Lipinski definition) is 4. The first-order valence-corrected chi connectivity index (χ1v) is 10.4. The van der Waals surface area contributed by atoms with Crippen LogP contribution in [0.5, 0.6) is 5.75 Å². The predicted octanol–water partition coefficient (Wildman–Crippen LogP) is 4.31. The SMILES string of the molecule is O=C(NCC#CCOc1ccc2cccnc2c1)C1(c2cccs2)CCCC1. The fraction of sp³-hybridized carbons (Fsp3) is 0.304. The minimum atomic E-state index is -0.357. The molecule has 2 heterocycles. The Balaban J connectivity index is 1.29. The van der Waals surface area contributed by atoms with E-state index in [-0.39, 0.29) is 17.9 Å². The number of fused-ring (bicyclic) bond motifs is 1. The summed E-state index contributed by atoms with van der Waals surface area (Å²) in [5.74, 6) is 6.80. The molecule has 0 bridgehead atoms. The van der Waals surface area contributed by atoms with Gasteiger partial charge in [-0.05, 0) is 42.5 Å². The number of amides is 1. The summed E-state index contributed by atoms with van der Waals surface area (Å²) in [6.07, 6.45) is 5.82. The Morgan fingerprint density at radius 3 is 2.89 bits per heavy atom. The predicted molar refractivity (Wildman–Crippen MR) is 112 cm³/mol. The Morgan fingerprint density at radius 2 is 2.07 bits per heavy atom. The summed E-state index contributed by atoms with van der Waals surface area (Å²) < 4.78 is 5.68. The van der Waals surface area contributed by atoms with E-state index >= 15 is 0 Å². The molecule has 1 aromatic carbocycles. The Labute approximate surface area is 168 Å². The lowest BCUT2D eigenvalue weighted by atomic mass is 9.83. The van der Waals surface area contributed by atoms with Crippen LogP contribution in [0.4, 0.5) is 0 Å². The van der Waals surface area contributed by atoms with Crippen LogP contribution in [0.15, 0.2) is 54.0 Å². The highest BCUT2D eigenvalue weighted by molar-refractivity contribution is 7.10. The van der Waals surface area contributed by atoms with Crippen molar-refractivity contribution < 1.29 is 9.53 Å².